The Morgan fingerprint density at radius 1 is 1.26 bits per heavy atom. The summed E-state index contributed by atoms with van der Waals surface area (Å²) in [6, 6.07) is 13.3. The summed E-state index contributed by atoms with van der Waals surface area (Å²) in [6.07, 6.45) is 1.99. The second-order valence-corrected chi connectivity index (χ2v) is 7.58. The lowest BCUT2D eigenvalue weighted by molar-refractivity contribution is -0.115. The molecule has 0 bridgehead atoms. The number of rotatable bonds is 6. The van der Waals surface area contributed by atoms with Crippen LogP contribution in [-0.2, 0) is 11.2 Å². The number of fused-ring (bicyclic) bond motifs is 1. The van der Waals surface area contributed by atoms with E-state index in [4.69, 9.17) is 16.7 Å². The molecule has 27 heavy (non-hydrogen) atoms. The highest BCUT2D eigenvalue weighted by Crippen LogP contribution is 2.30. The Morgan fingerprint density at radius 2 is 2.04 bits per heavy atom. The number of nitrogens with one attached hydrogen (secondary N) is 2. The molecule has 4 N–H and O–H groups in total. The zero-order valence-electron chi connectivity index (χ0n) is 15.1. The standard InChI is InChI=1S/C20H21ClN4OS/c1-12(2)24-19-10-16-14(11-23-19)7-15(9-18(16)27-22)25-20(26)8-13-5-3-4-6-17(13)21/h3-7,9-12H,8,22H2,1-2H3,(H,23,24)(H,25,26). The summed E-state index contributed by atoms with van der Waals surface area (Å²) in [7, 11) is 0. The zero-order valence-corrected chi connectivity index (χ0v) is 16.7. The van der Waals surface area contributed by atoms with E-state index in [2.05, 4.69) is 29.5 Å². The first-order valence-corrected chi connectivity index (χ1v) is 9.82. The lowest BCUT2D eigenvalue weighted by Crippen LogP contribution is -2.15. The van der Waals surface area contributed by atoms with Gasteiger partial charge in [-0.3, -0.25) is 9.93 Å². The molecular formula is C20H21ClN4OS. The van der Waals surface area contributed by atoms with Gasteiger partial charge in [0.2, 0.25) is 5.91 Å². The summed E-state index contributed by atoms with van der Waals surface area (Å²) in [6.45, 7) is 4.12. The third kappa shape index (κ3) is 4.91. The van der Waals surface area contributed by atoms with Crippen molar-refractivity contribution in [1.29, 1.82) is 0 Å². The van der Waals surface area contributed by atoms with Crippen molar-refractivity contribution in [2.75, 3.05) is 10.6 Å². The maximum Gasteiger partial charge on any atom is 0.228 e. The van der Waals surface area contributed by atoms with E-state index < -0.39 is 0 Å². The Labute approximate surface area is 167 Å². The maximum absolute atomic E-state index is 12.4. The third-order valence-electron chi connectivity index (χ3n) is 3.95. The van der Waals surface area contributed by atoms with E-state index in [1.165, 1.54) is 0 Å². The van der Waals surface area contributed by atoms with Crippen LogP contribution >= 0.6 is 23.5 Å². The number of nitrogens with zero attached hydrogens (tertiary/aromatic N) is 1. The minimum atomic E-state index is -0.138. The van der Waals surface area contributed by atoms with Crippen molar-refractivity contribution in [3.05, 3.63) is 59.2 Å². The number of pyridine rings is 1. The van der Waals surface area contributed by atoms with Crippen LogP contribution in [0.2, 0.25) is 5.02 Å². The fraction of sp³-hybridized carbons (Fsp3) is 0.200. The molecule has 1 aromatic heterocycles. The van der Waals surface area contributed by atoms with Crippen molar-refractivity contribution in [1.82, 2.24) is 4.98 Å². The van der Waals surface area contributed by atoms with Crippen LogP contribution in [0, 0.1) is 0 Å². The van der Waals surface area contributed by atoms with Crippen LogP contribution in [0.1, 0.15) is 19.4 Å². The van der Waals surface area contributed by atoms with Crippen LogP contribution in [0.25, 0.3) is 10.8 Å². The van der Waals surface area contributed by atoms with Crippen LogP contribution in [0.15, 0.2) is 53.6 Å². The van der Waals surface area contributed by atoms with Gasteiger partial charge in [0.15, 0.2) is 0 Å². The van der Waals surface area contributed by atoms with Gasteiger partial charge in [0.25, 0.3) is 0 Å². The van der Waals surface area contributed by atoms with Crippen molar-refractivity contribution in [2.45, 2.75) is 31.2 Å². The number of benzene rings is 2. The topological polar surface area (TPSA) is 80.0 Å². The number of carbonyl (C=O) groups excluding carboxylic acids is 1. The largest absolute Gasteiger partial charge is 0.368 e. The highest BCUT2D eigenvalue weighted by molar-refractivity contribution is 7.97. The van der Waals surface area contributed by atoms with Crippen molar-refractivity contribution >= 4 is 51.7 Å². The Morgan fingerprint density at radius 3 is 2.74 bits per heavy atom. The average Bonchev–Trinajstić information content (AvgIpc) is 2.62. The Hall–Kier alpha value is -2.28. The van der Waals surface area contributed by atoms with Gasteiger partial charge in [-0.2, -0.15) is 0 Å². The second kappa shape index (κ2) is 8.61. The normalized spacial score (nSPS) is 11.0. The predicted octanol–water partition coefficient (Wildman–Crippen LogP) is 4.86. The molecule has 1 heterocycles. The van der Waals surface area contributed by atoms with Gasteiger partial charge in [-0.25, -0.2) is 4.98 Å². The molecule has 0 saturated carbocycles. The molecule has 5 nitrogen and oxygen atoms in total. The molecule has 3 rings (SSSR count). The minimum absolute atomic E-state index is 0.138. The van der Waals surface area contributed by atoms with Crippen LogP contribution in [0.5, 0.6) is 0 Å². The predicted molar refractivity (Wildman–Crippen MR) is 114 cm³/mol. The van der Waals surface area contributed by atoms with Crippen molar-refractivity contribution < 1.29 is 4.79 Å². The molecule has 140 valence electrons. The molecule has 0 aliphatic carbocycles. The average molecular weight is 401 g/mol. The number of nitrogens with two attached hydrogens (primary N) is 1. The number of anilines is 2. The molecule has 1 amide bonds. The Balaban J connectivity index is 1.84. The summed E-state index contributed by atoms with van der Waals surface area (Å²) in [4.78, 5) is 17.7. The first-order valence-electron chi connectivity index (χ1n) is 8.56. The lowest BCUT2D eigenvalue weighted by Gasteiger charge is -2.13. The van der Waals surface area contributed by atoms with Gasteiger partial charge in [0.05, 0.1) is 6.42 Å². The number of aromatic nitrogens is 1. The quantitative estimate of drug-likeness (QED) is 0.515. The SMILES string of the molecule is CC(C)Nc1cc2c(SN)cc(NC(=O)Cc3ccccc3Cl)cc2cn1. The Kier molecular flexibility index (Phi) is 6.21. The second-order valence-electron chi connectivity index (χ2n) is 6.50. The smallest absolute Gasteiger partial charge is 0.228 e. The van der Waals surface area contributed by atoms with Crippen LogP contribution in [0.4, 0.5) is 11.5 Å². The van der Waals surface area contributed by atoms with Crippen molar-refractivity contribution in [2.24, 2.45) is 5.14 Å². The van der Waals surface area contributed by atoms with Gasteiger partial charge in [-0.05, 0) is 55.6 Å². The van der Waals surface area contributed by atoms with Gasteiger partial charge in [0, 0.05) is 38.6 Å². The van der Waals surface area contributed by atoms with E-state index in [-0.39, 0.29) is 18.4 Å². The van der Waals surface area contributed by atoms with E-state index in [0.717, 1.165) is 39.0 Å². The lowest BCUT2D eigenvalue weighted by atomic mass is 10.1. The van der Waals surface area contributed by atoms with Crippen LogP contribution < -0.4 is 15.8 Å². The van der Waals surface area contributed by atoms with Gasteiger partial charge in [0.1, 0.15) is 5.82 Å². The van der Waals surface area contributed by atoms with Gasteiger partial charge in [-0.15, -0.1) is 0 Å². The third-order valence-corrected chi connectivity index (χ3v) is 4.91. The number of carbonyl (C=O) groups is 1. The molecular weight excluding hydrogens is 380 g/mol. The molecule has 0 aliphatic rings. The molecule has 7 heteroatoms. The zero-order chi connectivity index (χ0) is 19.4. The highest BCUT2D eigenvalue weighted by atomic mass is 35.5. The number of amides is 1. The van der Waals surface area contributed by atoms with Gasteiger partial charge in [-0.1, -0.05) is 29.8 Å². The molecule has 0 aliphatic heterocycles. The fourth-order valence-corrected chi connectivity index (χ4v) is 3.49. The monoisotopic (exact) mass is 400 g/mol. The number of hydrogen-bond donors (Lipinski definition) is 3. The van der Waals surface area contributed by atoms with E-state index in [1.807, 2.05) is 36.4 Å². The molecule has 3 aromatic rings. The highest BCUT2D eigenvalue weighted by Gasteiger charge is 2.11. The summed E-state index contributed by atoms with van der Waals surface area (Å²) in [5.74, 6) is 0.657. The van der Waals surface area contributed by atoms with Gasteiger partial charge < -0.3 is 10.6 Å². The van der Waals surface area contributed by atoms with Crippen LogP contribution in [-0.4, -0.2) is 16.9 Å². The maximum atomic E-state index is 12.4. The number of hydrogen-bond acceptors (Lipinski definition) is 5. The summed E-state index contributed by atoms with van der Waals surface area (Å²) in [5, 5.41) is 14.5. The molecule has 0 radical (unpaired) electrons. The molecule has 0 unspecified atom stereocenters. The summed E-state index contributed by atoms with van der Waals surface area (Å²) >= 11 is 7.28. The molecule has 0 saturated heterocycles. The van der Waals surface area contributed by atoms with E-state index in [9.17, 15) is 4.79 Å². The fourth-order valence-electron chi connectivity index (χ4n) is 2.79. The molecule has 0 fully saturated rings. The molecule has 0 spiro atoms. The van der Waals surface area contributed by atoms with Crippen molar-refractivity contribution in [3.63, 3.8) is 0 Å². The van der Waals surface area contributed by atoms with Gasteiger partial charge >= 0.3 is 0 Å². The van der Waals surface area contributed by atoms with E-state index in [1.54, 1.807) is 12.3 Å². The minimum Gasteiger partial charge on any atom is -0.368 e. The molecule has 2 aromatic carbocycles. The van der Waals surface area contributed by atoms with Crippen LogP contribution in [0.3, 0.4) is 0 Å². The first kappa shape index (κ1) is 19.5. The van der Waals surface area contributed by atoms with E-state index >= 15 is 0 Å². The molecule has 0 atom stereocenters. The first-order chi connectivity index (χ1) is 13.0. The summed E-state index contributed by atoms with van der Waals surface area (Å²) in [5.41, 5.74) is 1.47. The van der Waals surface area contributed by atoms with E-state index in [0.29, 0.717) is 10.7 Å². The summed E-state index contributed by atoms with van der Waals surface area (Å²) < 4.78 is 0. The Bertz CT molecular complexity index is 977. The number of halogens is 1. The van der Waals surface area contributed by atoms with Crippen molar-refractivity contribution in [3.8, 4) is 0 Å².